The summed E-state index contributed by atoms with van der Waals surface area (Å²) in [6.45, 7) is 8.75. The van der Waals surface area contributed by atoms with Crippen LogP contribution in [-0.4, -0.2) is 18.2 Å². The first-order chi connectivity index (χ1) is 9.01. The number of fused-ring (bicyclic) bond motifs is 1. The van der Waals surface area contributed by atoms with Crippen molar-refractivity contribution in [3.63, 3.8) is 0 Å². The second kappa shape index (κ2) is 5.16. The number of anilines is 1. The van der Waals surface area contributed by atoms with Crippen LogP contribution in [0.25, 0.3) is 0 Å². The molecule has 3 heteroatoms. The summed E-state index contributed by atoms with van der Waals surface area (Å²) in [5.74, 6) is -0.260. The molecule has 1 aromatic rings. The summed E-state index contributed by atoms with van der Waals surface area (Å²) in [6.07, 6.45) is 2.04. The molecule has 0 aliphatic carbocycles. The quantitative estimate of drug-likeness (QED) is 0.778. The van der Waals surface area contributed by atoms with Crippen LogP contribution < -0.4 is 4.90 Å². The van der Waals surface area contributed by atoms with Gasteiger partial charge in [0, 0.05) is 6.54 Å². The Balaban J connectivity index is 2.47. The molecule has 1 aromatic carbocycles. The Kier molecular flexibility index (Phi) is 3.74. The molecule has 0 radical (unpaired) electrons. The van der Waals surface area contributed by atoms with E-state index in [9.17, 15) is 9.59 Å². The fourth-order valence-electron chi connectivity index (χ4n) is 2.74. The van der Waals surface area contributed by atoms with Crippen LogP contribution in [0.3, 0.4) is 0 Å². The molecular formula is C16H21NO2. The molecule has 2 rings (SSSR count). The number of carbonyl (C=O) groups excluding carboxylic acids is 2. The van der Waals surface area contributed by atoms with Gasteiger partial charge in [0.15, 0.2) is 0 Å². The van der Waals surface area contributed by atoms with Gasteiger partial charge in [-0.15, -0.1) is 0 Å². The fourth-order valence-corrected chi connectivity index (χ4v) is 2.74. The maximum Gasteiger partial charge on any atom is 0.299 e. The predicted octanol–water partition coefficient (Wildman–Crippen LogP) is 3.27. The molecule has 0 saturated carbocycles. The Bertz CT molecular complexity index is 530. The average molecular weight is 259 g/mol. The number of benzene rings is 1. The van der Waals surface area contributed by atoms with E-state index in [-0.39, 0.29) is 11.7 Å². The molecule has 0 fully saturated rings. The Labute approximate surface area is 114 Å². The third-order valence-corrected chi connectivity index (χ3v) is 4.12. The maximum atomic E-state index is 12.2. The zero-order chi connectivity index (χ0) is 14.2. The van der Waals surface area contributed by atoms with Crippen LogP contribution in [0, 0.1) is 19.8 Å². The highest BCUT2D eigenvalue weighted by Crippen LogP contribution is 2.35. The lowest BCUT2D eigenvalue weighted by atomic mass is 10.0. The standard InChI is InChI=1S/C16H21NO2/c1-5-12(6-2)9-17-14-11(4)8-7-10(3)13(14)15(18)16(17)19/h7-8,12H,5-6,9H2,1-4H3. The van der Waals surface area contributed by atoms with Gasteiger partial charge in [-0.2, -0.15) is 0 Å². The highest BCUT2D eigenvalue weighted by molar-refractivity contribution is 6.52. The van der Waals surface area contributed by atoms with E-state index in [0.29, 0.717) is 18.0 Å². The van der Waals surface area contributed by atoms with E-state index in [1.807, 2.05) is 26.0 Å². The zero-order valence-corrected chi connectivity index (χ0v) is 12.1. The van der Waals surface area contributed by atoms with Crippen LogP contribution in [0.15, 0.2) is 12.1 Å². The lowest BCUT2D eigenvalue weighted by Crippen LogP contribution is -2.34. The Morgan fingerprint density at radius 1 is 1.05 bits per heavy atom. The smallest absolute Gasteiger partial charge is 0.299 e. The monoisotopic (exact) mass is 259 g/mol. The third-order valence-electron chi connectivity index (χ3n) is 4.12. The molecule has 1 aliphatic rings. The van der Waals surface area contributed by atoms with E-state index in [1.54, 1.807) is 4.90 Å². The van der Waals surface area contributed by atoms with Crippen LogP contribution in [0.5, 0.6) is 0 Å². The molecule has 3 nitrogen and oxygen atoms in total. The van der Waals surface area contributed by atoms with Gasteiger partial charge in [0.1, 0.15) is 0 Å². The number of nitrogens with zero attached hydrogens (tertiary/aromatic N) is 1. The predicted molar refractivity (Wildman–Crippen MR) is 76.7 cm³/mol. The molecule has 0 aromatic heterocycles. The van der Waals surface area contributed by atoms with Crippen molar-refractivity contribution in [1.29, 1.82) is 0 Å². The van der Waals surface area contributed by atoms with Gasteiger partial charge in [0.05, 0.1) is 11.3 Å². The number of aryl methyl sites for hydroxylation is 2. The summed E-state index contributed by atoms with van der Waals surface area (Å²) >= 11 is 0. The van der Waals surface area contributed by atoms with Crippen molar-refractivity contribution in [2.24, 2.45) is 5.92 Å². The molecule has 102 valence electrons. The fraction of sp³-hybridized carbons (Fsp3) is 0.500. The van der Waals surface area contributed by atoms with Crippen LogP contribution >= 0.6 is 0 Å². The largest absolute Gasteiger partial charge is 0.304 e. The third kappa shape index (κ3) is 2.18. The second-order valence-corrected chi connectivity index (χ2v) is 5.35. The molecule has 0 bridgehead atoms. The number of rotatable bonds is 4. The summed E-state index contributed by atoms with van der Waals surface area (Å²) < 4.78 is 0. The molecule has 0 spiro atoms. The van der Waals surface area contributed by atoms with E-state index < -0.39 is 0 Å². The number of hydrogen-bond donors (Lipinski definition) is 0. The number of Topliss-reactive ketones (excluding diaryl/α,β-unsaturated/α-hetero) is 1. The molecule has 1 amide bonds. The van der Waals surface area contributed by atoms with Gasteiger partial charge in [0.2, 0.25) is 0 Å². The number of ketones is 1. The van der Waals surface area contributed by atoms with E-state index in [0.717, 1.165) is 29.7 Å². The second-order valence-electron chi connectivity index (χ2n) is 5.35. The highest BCUT2D eigenvalue weighted by Gasteiger charge is 2.38. The molecule has 19 heavy (non-hydrogen) atoms. The van der Waals surface area contributed by atoms with E-state index >= 15 is 0 Å². The van der Waals surface area contributed by atoms with Crippen LogP contribution in [-0.2, 0) is 4.79 Å². The van der Waals surface area contributed by atoms with Gasteiger partial charge in [-0.3, -0.25) is 9.59 Å². The maximum absolute atomic E-state index is 12.2. The summed E-state index contributed by atoms with van der Waals surface area (Å²) in [5.41, 5.74) is 3.34. The van der Waals surface area contributed by atoms with Gasteiger partial charge < -0.3 is 4.90 Å². The zero-order valence-electron chi connectivity index (χ0n) is 12.1. The summed E-state index contributed by atoms with van der Waals surface area (Å²) in [5, 5.41) is 0. The molecule has 0 atom stereocenters. The molecule has 0 unspecified atom stereocenters. The van der Waals surface area contributed by atoms with Crippen molar-refractivity contribution >= 4 is 17.4 Å². The van der Waals surface area contributed by atoms with E-state index in [2.05, 4.69) is 13.8 Å². The van der Waals surface area contributed by atoms with Crippen molar-refractivity contribution in [3.8, 4) is 0 Å². The van der Waals surface area contributed by atoms with Crippen LogP contribution in [0.4, 0.5) is 5.69 Å². The number of amides is 1. The van der Waals surface area contributed by atoms with Crippen molar-refractivity contribution in [3.05, 3.63) is 28.8 Å². The Morgan fingerprint density at radius 2 is 1.63 bits per heavy atom. The minimum absolute atomic E-state index is 0.345. The van der Waals surface area contributed by atoms with Crippen molar-refractivity contribution in [2.75, 3.05) is 11.4 Å². The molecule has 1 aliphatic heterocycles. The van der Waals surface area contributed by atoms with Crippen molar-refractivity contribution in [2.45, 2.75) is 40.5 Å². The van der Waals surface area contributed by atoms with Gasteiger partial charge in [0.25, 0.3) is 11.7 Å². The topological polar surface area (TPSA) is 37.4 Å². The van der Waals surface area contributed by atoms with Crippen molar-refractivity contribution < 1.29 is 9.59 Å². The lowest BCUT2D eigenvalue weighted by Gasteiger charge is -2.23. The minimum Gasteiger partial charge on any atom is -0.304 e. The minimum atomic E-state index is -0.362. The first kappa shape index (κ1) is 13.8. The highest BCUT2D eigenvalue weighted by atomic mass is 16.2. The first-order valence-corrected chi connectivity index (χ1v) is 6.97. The first-order valence-electron chi connectivity index (χ1n) is 6.97. The number of hydrogen-bond acceptors (Lipinski definition) is 2. The van der Waals surface area contributed by atoms with Crippen LogP contribution in [0.2, 0.25) is 0 Å². The molecule has 0 saturated heterocycles. The van der Waals surface area contributed by atoms with Gasteiger partial charge in [-0.1, -0.05) is 38.8 Å². The van der Waals surface area contributed by atoms with E-state index in [4.69, 9.17) is 0 Å². The van der Waals surface area contributed by atoms with Gasteiger partial charge >= 0.3 is 0 Å². The SMILES string of the molecule is CCC(CC)CN1C(=O)C(=O)c2c(C)ccc(C)c21. The van der Waals surface area contributed by atoms with E-state index in [1.165, 1.54) is 0 Å². The van der Waals surface area contributed by atoms with Crippen molar-refractivity contribution in [1.82, 2.24) is 0 Å². The number of carbonyl (C=O) groups is 2. The summed E-state index contributed by atoms with van der Waals surface area (Å²) in [6, 6.07) is 3.90. The Hall–Kier alpha value is -1.64. The average Bonchev–Trinajstić information content (AvgIpc) is 2.66. The summed E-state index contributed by atoms with van der Waals surface area (Å²) in [4.78, 5) is 26.0. The van der Waals surface area contributed by atoms with Crippen LogP contribution in [0.1, 0.15) is 48.2 Å². The van der Waals surface area contributed by atoms with Gasteiger partial charge in [-0.05, 0) is 30.9 Å². The molecular weight excluding hydrogens is 238 g/mol. The Morgan fingerprint density at radius 3 is 2.21 bits per heavy atom. The lowest BCUT2D eigenvalue weighted by molar-refractivity contribution is -0.114. The normalized spacial score (nSPS) is 14.5. The van der Waals surface area contributed by atoms with Gasteiger partial charge in [-0.25, -0.2) is 0 Å². The molecule has 1 heterocycles. The molecule has 0 N–H and O–H groups in total. The summed E-state index contributed by atoms with van der Waals surface area (Å²) in [7, 11) is 0.